The lowest BCUT2D eigenvalue weighted by Gasteiger charge is -2.25. The Balaban J connectivity index is 1.55. The average molecular weight is 675 g/mol. The minimum atomic E-state index is -1.42. The predicted octanol–water partition coefficient (Wildman–Crippen LogP) is 0.952. The van der Waals surface area contributed by atoms with Crippen LogP contribution in [0, 0.1) is 5.92 Å². The van der Waals surface area contributed by atoms with Gasteiger partial charge in [-0.3, -0.25) is 28.8 Å². The maximum Gasteiger partial charge on any atom is 0.405 e. The number of Topliss-reactive ketones (excluding diaryl/α,β-unsaturated/α-hetero) is 1. The van der Waals surface area contributed by atoms with Crippen molar-refractivity contribution >= 4 is 52.2 Å². The second-order valence-electron chi connectivity index (χ2n) is 12.1. The first-order chi connectivity index (χ1) is 23.2. The molecule has 8 N–H and O–H groups in total. The predicted molar refractivity (Wildman–Crippen MR) is 181 cm³/mol. The van der Waals surface area contributed by atoms with Crippen LogP contribution in [0.2, 0.25) is 0 Å². The number of rotatable bonds is 17. The summed E-state index contributed by atoms with van der Waals surface area (Å²) in [6, 6.07) is 17.1. The number of hydrogen-bond acceptors (Lipinski definition) is 7. The second-order valence-corrected chi connectivity index (χ2v) is 12.1. The van der Waals surface area contributed by atoms with Gasteiger partial charge in [0.25, 0.3) is 5.91 Å². The molecule has 0 bridgehead atoms. The van der Waals surface area contributed by atoms with Crippen molar-refractivity contribution in [3.63, 3.8) is 0 Å². The van der Waals surface area contributed by atoms with E-state index in [2.05, 4.69) is 26.6 Å². The zero-order valence-electron chi connectivity index (χ0n) is 27.5. The van der Waals surface area contributed by atoms with Crippen molar-refractivity contribution in [3.8, 4) is 0 Å². The lowest BCUT2D eigenvalue weighted by Crippen LogP contribution is -2.57. The van der Waals surface area contributed by atoms with E-state index in [0.717, 1.165) is 16.3 Å². The van der Waals surface area contributed by atoms with Gasteiger partial charge in [-0.15, -0.1) is 0 Å². The number of fused-ring (bicyclic) bond motifs is 1. The monoisotopic (exact) mass is 674 g/mol. The van der Waals surface area contributed by atoms with Crippen molar-refractivity contribution in [3.05, 3.63) is 83.9 Å². The van der Waals surface area contributed by atoms with E-state index in [-0.39, 0.29) is 25.2 Å². The third kappa shape index (κ3) is 12.1. The lowest BCUT2D eigenvalue weighted by atomic mass is 10.0. The van der Waals surface area contributed by atoms with Crippen molar-refractivity contribution in [2.24, 2.45) is 11.7 Å². The number of benzene rings is 3. The van der Waals surface area contributed by atoms with Gasteiger partial charge in [-0.05, 0) is 41.2 Å². The van der Waals surface area contributed by atoms with Gasteiger partial charge in [0.05, 0.1) is 12.6 Å². The number of hydrogen-bond donors (Lipinski definition) is 7. The average Bonchev–Trinajstić information content (AvgIpc) is 3.05. The fourth-order valence-corrected chi connectivity index (χ4v) is 5.08. The van der Waals surface area contributed by atoms with E-state index in [4.69, 9.17) is 5.73 Å². The summed E-state index contributed by atoms with van der Waals surface area (Å²) in [6.07, 6.45) is -1.14. The summed E-state index contributed by atoms with van der Waals surface area (Å²) in [5, 5.41) is 23.0. The Morgan fingerprint density at radius 2 is 1.29 bits per heavy atom. The smallest absolute Gasteiger partial charge is 0.405 e. The first kappa shape index (κ1) is 37.7. The minimum Gasteiger partial charge on any atom is -0.465 e. The summed E-state index contributed by atoms with van der Waals surface area (Å²) in [7, 11) is 0. The van der Waals surface area contributed by atoms with Crippen LogP contribution in [0.15, 0.2) is 72.8 Å². The normalized spacial score (nSPS) is 13.3. The van der Waals surface area contributed by atoms with Crippen LogP contribution in [-0.2, 0) is 41.6 Å². The molecule has 0 spiro atoms. The molecule has 3 aromatic rings. The highest BCUT2D eigenvalue weighted by atomic mass is 16.4. The summed E-state index contributed by atoms with van der Waals surface area (Å²) in [4.78, 5) is 87.7. The summed E-state index contributed by atoms with van der Waals surface area (Å²) in [5.41, 5.74) is 6.94. The van der Waals surface area contributed by atoms with E-state index in [1.165, 1.54) is 6.92 Å². The molecule has 6 amide bonds. The van der Waals surface area contributed by atoms with Gasteiger partial charge in [0.1, 0.15) is 18.1 Å². The molecule has 3 aromatic carbocycles. The Morgan fingerprint density at radius 3 is 1.92 bits per heavy atom. The highest BCUT2D eigenvalue weighted by molar-refractivity contribution is 6.38. The second kappa shape index (κ2) is 17.9. The summed E-state index contributed by atoms with van der Waals surface area (Å²) < 4.78 is 0. The Labute approximate surface area is 283 Å². The molecule has 3 rings (SSSR count). The number of carbonyl (C=O) groups excluding carboxylic acids is 6. The van der Waals surface area contributed by atoms with Gasteiger partial charge in [0.15, 0.2) is 0 Å². The number of carboxylic acid groups (broad SMARTS) is 1. The zero-order valence-corrected chi connectivity index (χ0v) is 27.5. The minimum absolute atomic E-state index is 0.0290. The topological polar surface area (TPSA) is 226 Å². The Morgan fingerprint density at radius 1 is 0.673 bits per heavy atom. The first-order valence-corrected chi connectivity index (χ1v) is 15.8. The molecule has 0 aliphatic carbocycles. The van der Waals surface area contributed by atoms with Gasteiger partial charge in [-0.25, -0.2) is 4.79 Å². The van der Waals surface area contributed by atoms with Crippen molar-refractivity contribution in [2.45, 2.75) is 64.2 Å². The molecule has 14 heteroatoms. The molecular weight excluding hydrogens is 632 g/mol. The fourth-order valence-electron chi connectivity index (χ4n) is 5.08. The maximum atomic E-state index is 13.2. The molecule has 0 aliphatic rings. The highest BCUT2D eigenvalue weighted by Gasteiger charge is 2.31. The maximum absolute atomic E-state index is 13.2. The molecule has 0 saturated carbocycles. The molecule has 0 heterocycles. The molecule has 0 fully saturated rings. The van der Waals surface area contributed by atoms with Crippen LogP contribution in [0.3, 0.4) is 0 Å². The van der Waals surface area contributed by atoms with Crippen LogP contribution in [0.5, 0.6) is 0 Å². The quantitative estimate of drug-likeness (QED) is 0.102. The van der Waals surface area contributed by atoms with Crippen LogP contribution in [-0.4, -0.2) is 77.2 Å². The van der Waals surface area contributed by atoms with E-state index in [9.17, 15) is 38.7 Å². The molecule has 0 aromatic heterocycles. The molecule has 14 nitrogen and oxygen atoms in total. The van der Waals surface area contributed by atoms with Gasteiger partial charge in [-0.1, -0.05) is 86.6 Å². The Hall–Kier alpha value is -5.79. The Bertz CT molecular complexity index is 1680. The van der Waals surface area contributed by atoms with Crippen molar-refractivity contribution in [1.82, 2.24) is 26.6 Å². The molecule has 4 unspecified atom stereocenters. The number of carbonyl (C=O) groups is 7. The molecule has 49 heavy (non-hydrogen) atoms. The first-order valence-electron chi connectivity index (χ1n) is 15.8. The number of primary amides is 1. The summed E-state index contributed by atoms with van der Waals surface area (Å²) in [6.45, 7) is 4.24. The number of nitrogens with one attached hydrogen (secondary N) is 5. The van der Waals surface area contributed by atoms with Crippen LogP contribution < -0.4 is 32.3 Å². The van der Waals surface area contributed by atoms with Gasteiger partial charge < -0.3 is 37.4 Å². The number of nitrogens with two attached hydrogens (primary N) is 1. The Kier molecular flexibility index (Phi) is 13.8. The molecule has 4 atom stereocenters. The molecule has 260 valence electrons. The largest absolute Gasteiger partial charge is 0.465 e. The van der Waals surface area contributed by atoms with E-state index < -0.39 is 72.1 Å². The third-order valence-electron chi connectivity index (χ3n) is 7.55. The fraction of sp³-hybridized carbons (Fsp3) is 0.343. The van der Waals surface area contributed by atoms with E-state index >= 15 is 0 Å². The van der Waals surface area contributed by atoms with Crippen LogP contribution in [0.4, 0.5) is 4.79 Å². The van der Waals surface area contributed by atoms with Crippen LogP contribution in [0.25, 0.3) is 10.8 Å². The number of ketones is 1. The van der Waals surface area contributed by atoms with Gasteiger partial charge in [-0.2, -0.15) is 0 Å². The molecule has 0 aliphatic heterocycles. The molecular formula is C35H42N6O8. The van der Waals surface area contributed by atoms with E-state index in [1.807, 2.05) is 42.5 Å². The van der Waals surface area contributed by atoms with Crippen molar-refractivity contribution < 1.29 is 38.7 Å². The third-order valence-corrected chi connectivity index (χ3v) is 7.55. The molecule has 0 saturated heterocycles. The van der Waals surface area contributed by atoms with Crippen LogP contribution in [0.1, 0.15) is 38.3 Å². The van der Waals surface area contributed by atoms with Gasteiger partial charge >= 0.3 is 6.09 Å². The van der Waals surface area contributed by atoms with Crippen molar-refractivity contribution in [1.29, 1.82) is 0 Å². The zero-order chi connectivity index (χ0) is 36.1. The lowest BCUT2D eigenvalue weighted by molar-refractivity contribution is -0.140. The van der Waals surface area contributed by atoms with E-state index in [1.54, 1.807) is 44.2 Å². The summed E-state index contributed by atoms with van der Waals surface area (Å²) in [5.74, 6) is -5.37. The standard InChI is InChI=1S/C35H42N6O8/c1-20(2)15-27(40-33(46)28(41-35(48)49)17-22-9-5-4-6-10-22)32(45)38-21(3)30(43)34(47)37-19-29(42)39-26(31(36)44)18-23-13-14-24-11-7-8-12-25(24)16-23/h4-14,16,20-21,26-28,41H,15,17-19H2,1-3H3,(H2,36,44)(H,37,47)(H,38,45)(H,39,42)(H,40,46)(H,48,49). The highest BCUT2D eigenvalue weighted by Crippen LogP contribution is 2.17. The van der Waals surface area contributed by atoms with Gasteiger partial charge in [0.2, 0.25) is 29.4 Å². The SMILES string of the molecule is CC(C)CC(NC(=O)C(Cc1ccccc1)NC(=O)O)C(=O)NC(C)C(=O)C(=O)NCC(=O)NC(Cc1ccc2ccccc2c1)C(N)=O. The van der Waals surface area contributed by atoms with Crippen molar-refractivity contribution in [2.75, 3.05) is 6.54 Å². The number of amides is 6. The van der Waals surface area contributed by atoms with Gasteiger partial charge in [0, 0.05) is 12.8 Å². The van der Waals surface area contributed by atoms with Crippen LogP contribution >= 0.6 is 0 Å². The molecule has 0 radical (unpaired) electrons. The summed E-state index contributed by atoms with van der Waals surface area (Å²) >= 11 is 0. The van der Waals surface area contributed by atoms with E-state index in [0.29, 0.717) is 5.56 Å².